The zero-order chi connectivity index (χ0) is 21.3. The van der Waals surface area contributed by atoms with Gasteiger partial charge in [0.2, 0.25) is 10.0 Å². The van der Waals surface area contributed by atoms with Gasteiger partial charge in [0.15, 0.2) is 5.82 Å². The number of hydrogen-bond donors (Lipinski definition) is 3. The van der Waals surface area contributed by atoms with E-state index in [-0.39, 0.29) is 22.8 Å². The van der Waals surface area contributed by atoms with Crippen LogP contribution in [-0.2, 0) is 10.0 Å². The van der Waals surface area contributed by atoms with Gasteiger partial charge in [-0.2, -0.15) is 5.10 Å². The van der Waals surface area contributed by atoms with Crippen molar-refractivity contribution < 1.29 is 18.6 Å². The number of rotatable bonds is 6. The molecule has 0 saturated carbocycles. The average molecular weight is 418 g/mol. The summed E-state index contributed by atoms with van der Waals surface area (Å²) in [6, 6.07) is 9.14. The average Bonchev–Trinajstić information content (AvgIpc) is 3.03. The van der Waals surface area contributed by atoms with Gasteiger partial charge in [-0.15, -0.1) is 0 Å². The van der Waals surface area contributed by atoms with Crippen molar-refractivity contribution in [2.75, 3.05) is 13.6 Å². The molecule has 0 unspecified atom stereocenters. The summed E-state index contributed by atoms with van der Waals surface area (Å²) in [4.78, 5) is 12.0. The maximum Gasteiger partial charge on any atom is 0.348 e. The molecule has 0 atom stereocenters. The molecule has 1 heterocycles. The van der Waals surface area contributed by atoms with E-state index in [1.54, 1.807) is 12.1 Å². The molecule has 0 aliphatic rings. The Morgan fingerprint density at radius 3 is 2.52 bits per heavy atom. The fourth-order valence-electron chi connectivity index (χ4n) is 3.06. The quantitative estimate of drug-likeness (QED) is 0.561. The van der Waals surface area contributed by atoms with Crippen LogP contribution in [0, 0.1) is 6.92 Å². The second-order valence-electron chi connectivity index (χ2n) is 6.64. The number of H-pyrrole nitrogens is 1. The second kappa shape index (κ2) is 7.72. The summed E-state index contributed by atoms with van der Waals surface area (Å²) in [6.07, 6.45) is 0.591. The van der Waals surface area contributed by atoms with E-state index in [0.717, 1.165) is 22.0 Å². The van der Waals surface area contributed by atoms with Gasteiger partial charge < -0.3 is 10.2 Å². The molecule has 1 aromatic heterocycles. The highest BCUT2D eigenvalue weighted by Crippen LogP contribution is 2.37. The maximum absolute atomic E-state index is 12.8. The third-order valence-electron chi connectivity index (χ3n) is 4.57. The zero-order valence-electron chi connectivity index (χ0n) is 16.2. The first kappa shape index (κ1) is 20.6. The highest BCUT2D eigenvalue weighted by molar-refractivity contribution is 7.89. The van der Waals surface area contributed by atoms with E-state index in [2.05, 4.69) is 10.2 Å². The number of aromatic hydroxyl groups is 2. The van der Waals surface area contributed by atoms with Crippen LogP contribution >= 0.6 is 0 Å². The normalized spacial score (nSPS) is 11.9. The summed E-state index contributed by atoms with van der Waals surface area (Å²) in [6.45, 7) is 3.90. The van der Waals surface area contributed by atoms with Crippen molar-refractivity contribution in [3.05, 3.63) is 52.4 Å². The minimum Gasteiger partial charge on any atom is -0.507 e. The zero-order valence-corrected chi connectivity index (χ0v) is 17.1. The summed E-state index contributed by atoms with van der Waals surface area (Å²) in [5, 5.41) is 26.9. The molecule has 3 aromatic rings. The number of nitrogens with zero attached hydrogens (tertiary/aromatic N) is 3. The molecule has 0 fully saturated rings. The molecule has 0 spiro atoms. The van der Waals surface area contributed by atoms with E-state index in [4.69, 9.17) is 0 Å². The smallest absolute Gasteiger partial charge is 0.348 e. The molecule has 3 N–H and O–H groups in total. The number of aromatic amines is 1. The molecule has 0 radical (unpaired) electrons. The van der Waals surface area contributed by atoms with Crippen molar-refractivity contribution >= 4 is 10.0 Å². The lowest BCUT2D eigenvalue weighted by Gasteiger charge is -2.18. The third kappa shape index (κ3) is 3.64. The number of nitrogens with one attached hydrogen (secondary N) is 1. The number of phenolic OH excluding ortho intramolecular Hbond substituents is 2. The van der Waals surface area contributed by atoms with Gasteiger partial charge in [-0.1, -0.05) is 25.1 Å². The molecule has 0 aliphatic carbocycles. The highest BCUT2D eigenvalue weighted by Gasteiger charge is 2.27. The molecule has 0 saturated heterocycles. The Bertz CT molecular complexity index is 1210. The van der Waals surface area contributed by atoms with Crippen LogP contribution in [0.15, 0.2) is 46.1 Å². The minimum atomic E-state index is -4.01. The van der Waals surface area contributed by atoms with Crippen molar-refractivity contribution in [1.29, 1.82) is 0 Å². The van der Waals surface area contributed by atoms with Gasteiger partial charge >= 0.3 is 5.69 Å². The Kier molecular flexibility index (Phi) is 5.49. The topological polar surface area (TPSA) is 129 Å². The summed E-state index contributed by atoms with van der Waals surface area (Å²) in [7, 11) is -2.61. The van der Waals surface area contributed by atoms with Crippen LogP contribution < -0.4 is 5.69 Å². The van der Waals surface area contributed by atoms with Crippen molar-refractivity contribution in [1.82, 2.24) is 19.1 Å². The number of sulfonamides is 1. The summed E-state index contributed by atoms with van der Waals surface area (Å²) in [5.41, 5.74) is 0.759. The first-order valence-corrected chi connectivity index (χ1v) is 10.4. The van der Waals surface area contributed by atoms with Crippen LogP contribution in [0.2, 0.25) is 0 Å². The second-order valence-corrected chi connectivity index (χ2v) is 8.65. The fraction of sp³-hybridized carbons (Fsp3) is 0.263. The Morgan fingerprint density at radius 1 is 1.17 bits per heavy atom. The lowest BCUT2D eigenvalue weighted by molar-refractivity contribution is 0.430. The van der Waals surface area contributed by atoms with Gasteiger partial charge in [0.05, 0.1) is 11.3 Å². The standard InChI is InChI=1S/C19H22N4O5S/c1-4-9-22(3)29(27,28)17-10-13(15(24)11-16(17)25)18-20-21-19(26)23(18)14-8-6-5-7-12(14)2/h5-8,10-11,24-25H,4,9H2,1-3H3,(H,21,26). The first-order valence-electron chi connectivity index (χ1n) is 8.94. The number of aryl methyl sites for hydroxylation is 1. The fourth-order valence-corrected chi connectivity index (χ4v) is 4.41. The molecule has 29 heavy (non-hydrogen) atoms. The highest BCUT2D eigenvalue weighted by atomic mass is 32.2. The van der Waals surface area contributed by atoms with Gasteiger partial charge in [0, 0.05) is 19.7 Å². The number of benzene rings is 2. The van der Waals surface area contributed by atoms with E-state index < -0.39 is 27.2 Å². The van der Waals surface area contributed by atoms with Gasteiger partial charge in [0.25, 0.3) is 0 Å². The Morgan fingerprint density at radius 2 is 1.86 bits per heavy atom. The van der Waals surface area contributed by atoms with Crippen LogP contribution in [0.3, 0.4) is 0 Å². The van der Waals surface area contributed by atoms with Crippen molar-refractivity contribution in [3.63, 3.8) is 0 Å². The maximum atomic E-state index is 12.8. The molecule has 154 valence electrons. The van der Waals surface area contributed by atoms with Gasteiger partial charge in [-0.3, -0.25) is 0 Å². The Labute approximate surface area is 167 Å². The minimum absolute atomic E-state index is 0.00660. The van der Waals surface area contributed by atoms with Gasteiger partial charge in [-0.05, 0) is 31.0 Å². The molecular formula is C19H22N4O5S. The van der Waals surface area contributed by atoms with E-state index in [9.17, 15) is 23.4 Å². The predicted molar refractivity (Wildman–Crippen MR) is 108 cm³/mol. The van der Waals surface area contributed by atoms with E-state index >= 15 is 0 Å². The molecular weight excluding hydrogens is 396 g/mol. The van der Waals surface area contributed by atoms with Crippen LogP contribution in [-0.4, -0.2) is 51.3 Å². The van der Waals surface area contributed by atoms with E-state index in [1.165, 1.54) is 11.6 Å². The SMILES string of the molecule is CCCN(C)S(=O)(=O)c1cc(-c2n[nH]c(=O)n2-c2ccccc2C)c(O)cc1O. The first-order chi connectivity index (χ1) is 13.7. The van der Waals surface area contributed by atoms with Gasteiger partial charge in [0.1, 0.15) is 16.4 Å². The summed E-state index contributed by atoms with van der Waals surface area (Å²) < 4.78 is 28.0. The van der Waals surface area contributed by atoms with Crippen molar-refractivity contribution in [2.45, 2.75) is 25.2 Å². The molecule has 3 rings (SSSR count). The van der Waals surface area contributed by atoms with Crippen molar-refractivity contribution in [2.24, 2.45) is 0 Å². The van der Waals surface area contributed by atoms with E-state index in [1.807, 2.05) is 26.0 Å². The molecule has 0 bridgehead atoms. The molecule has 0 amide bonds. The molecule has 0 aliphatic heterocycles. The van der Waals surface area contributed by atoms with Crippen molar-refractivity contribution in [3.8, 4) is 28.6 Å². The summed E-state index contributed by atoms with van der Waals surface area (Å²) >= 11 is 0. The van der Waals surface area contributed by atoms with Crippen LogP contribution in [0.5, 0.6) is 11.5 Å². The van der Waals surface area contributed by atoms with Crippen LogP contribution in [0.25, 0.3) is 17.1 Å². The number of para-hydroxylation sites is 1. The van der Waals surface area contributed by atoms with Crippen LogP contribution in [0.1, 0.15) is 18.9 Å². The Hall–Kier alpha value is -3.11. The third-order valence-corrected chi connectivity index (χ3v) is 6.46. The number of phenols is 2. The molecule has 9 nitrogen and oxygen atoms in total. The Balaban J connectivity index is 2.25. The van der Waals surface area contributed by atoms with Crippen LogP contribution in [0.4, 0.5) is 0 Å². The van der Waals surface area contributed by atoms with E-state index in [0.29, 0.717) is 12.1 Å². The van der Waals surface area contributed by atoms with Gasteiger partial charge in [-0.25, -0.2) is 27.2 Å². The lowest BCUT2D eigenvalue weighted by Crippen LogP contribution is -2.27. The number of hydrogen-bond acceptors (Lipinski definition) is 6. The molecule has 10 heteroatoms. The number of aromatic nitrogens is 3. The molecule has 2 aromatic carbocycles. The predicted octanol–water partition coefficient (Wildman–Crippen LogP) is 1.98. The monoisotopic (exact) mass is 418 g/mol. The lowest BCUT2D eigenvalue weighted by atomic mass is 10.1. The largest absolute Gasteiger partial charge is 0.507 e. The summed E-state index contributed by atoms with van der Waals surface area (Å²) in [5.74, 6) is -0.973.